The molecule has 3 N–H and O–H groups in total. The Hall–Kier alpha value is -0.650. The minimum atomic E-state index is -0.595. The van der Waals surface area contributed by atoms with Crippen LogP contribution in [0.5, 0.6) is 0 Å². The van der Waals surface area contributed by atoms with Gasteiger partial charge in [-0.15, -0.1) is 0 Å². The van der Waals surface area contributed by atoms with Gasteiger partial charge >= 0.3 is 0 Å². The molecule has 0 bridgehead atoms. The van der Waals surface area contributed by atoms with Gasteiger partial charge in [-0.25, -0.2) is 0 Å². The molecule has 1 atom stereocenters. The van der Waals surface area contributed by atoms with Gasteiger partial charge in [-0.3, -0.25) is 4.79 Å². The summed E-state index contributed by atoms with van der Waals surface area (Å²) in [6.45, 7) is 7.41. The highest BCUT2D eigenvalue weighted by atomic mass is 16.1. The van der Waals surface area contributed by atoms with Crippen molar-refractivity contribution in [2.24, 2.45) is 5.73 Å². The Balaban J connectivity index is 2.22. The zero-order valence-corrected chi connectivity index (χ0v) is 12.0. The second-order valence-electron chi connectivity index (χ2n) is 5.55. The number of hydrogen-bond acceptors (Lipinski definition) is 4. The Morgan fingerprint density at radius 3 is 2.50 bits per heavy atom. The van der Waals surface area contributed by atoms with Crippen molar-refractivity contribution in [1.29, 1.82) is 0 Å². The highest BCUT2D eigenvalue weighted by Gasteiger charge is 2.28. The van der Waals surface area contributed by atoms with E-state index in [1.165, 1.54) is 25.9 Å². The van der Waals surface area contributed by atoms with Gasteiger partial charge in [-0.2, -0.15) is 0 Å². The number of nitrogens with one attached hydrogen (secondary N) is 1. The van der Waals surface area contributed by atoms with Crippen molar-refractivity contribution in [3.63, 3.8) is 0 Å². The minimum absolute atomic E-state index is 0.280. The number of likely N-dealkylation sites (tertiary alicyclic amines) is 1. The average molecular weight is 256 g/mol. The van der Waals surface area contributed by atoms with Crippen molar-refractivity contribution in [2.45, 2.75) is 31.7 Å². The summed E-state index contributed by atoms with van der Waals surface area (Å²) in [5.74, 6) is -0.280. The van der Waals surface area contributed by atoms with Crippen molar-refractivity contribution in [2.75, 3.05) is 46.8 Å². The van der Waals surface area contributed by atoms with Crippen LogP contribution in [0.1, 0.15) is 26.2 Å². The van der Waals surface area contributed by atoms with Crippen molar-refractivity contribution in [3.8, 4) is 0 Å². The van der Waals surface area contributed by atoms with E-state index in [0.29, 0.717) is 0 Å². The van der Waals surface area contributed by atoms with Gasteiger partial charge in [0, 0.05) is 19.6 Å². The third-order valence-corrected chi connectivity index (χ3v) is 4.09. The van der Waals surface area contributed by atoms with E-state index in [1.807, 2.05) is 6.92 Å². The van der Waals surface area contributed by atoms with Crippen molar-refractivity contribution in [3.05, 3.63) is 0 Å². The van der Waals surface area contributed by atoms with Gasteiger partial charge in [0.05, 0.1) is 5.54 Å². The smallest absolute Gasteiger partial charge is 0.237 e. The lowest BCUT2D eigenvalue weighted by Gasteiger charge is -2.28. The highest BCUT2D eigenvalue weighted by Crippen LogP contribution is 2.10. The first-order chi connectivity index (χ1) is 8.48. The van der Waals surface area contributed by atoms with Gasteiger partial charge in [0.2, 0.25) is 5.91 Å². The fourth-order valence-corrected chi connectivity index (χ4v) is 2.22. The number of carbonyl (C=O) groups is 1. The quantitative estimate of drug-likeness (QED) is 0.635. The Morgan fingerprint density at radius 1 is 1.39 bits per heavy atom. The van der Waals surface area contributed by atoms with Crippen LogP contribution in [0.3, 0.4) is 0 Å². The van der Waals surface area contributed by atoms with Crippen LogP contribution in [-0.2, 0) is 4.79 Å². The van der Waals surface area contributed by atoms with Crippen LogP contribution < -0.4 is 11.1 Å². The number of carbonyl (C=O) groups excluding carboxylic acids is 1. The summed E-state index contributed by atoms with van der Waals surface area (Å²) in [5.41, 5.74) is 4.82. The lowest BCUT2D eigenvalue weighted by Crippen LogP contribution is -2.53. The number of likely N-dealkylation sites (N-methyl/N-ethyl adjacent to an activating group) is 2. The summed E-state index contributed by atoms with van der Waals surface area (Å²) >= 11 is 0. The molecule has 1 unspecified atom stereocenters. The fraction of sp³-hybridized carbons (Fsp3) is 0.923. The molecule has 0 aromatic heterocycles. The molecule has 0 aromatic carbocycles. The number of rotatable bonds is 8. The minimum Gasteiger partial charge on any atom is -0.368 e. The molecule has 1 saturated heterocycles. The van der Waals surface area contributed by atoms with E-state index in [4.69, 9.17) is 5.73 Å². The second kappa shape index (κ2) is 7.07. The second-order valence-corrected chi connectivity index (χ2v) is 5.55. The van der Waals surface area contributed by atoms with E-state index < -0.39 is 5.54 Å². The van der Waals surface area contributed by atoms with Gasteiger partial charge < -0.3 is 20.9 Å². The largest absolute Gasteiger partial charge is 0.368 e. The normalized spacial score (nSPS) is 20.2. The molecule has 0 aromatic rings. The summed E-state index contributed by atoms with van der Waals surface area (Å²) in [4.78, 5) is 16.1. The van der Waals surface area contributed by atoms with Gasteiger partial charge in [-0.05, 0) is 53.4 Å². The van der Waals surface area contributed by atoms with E-state index in [2.05, 4.69) is 22.2 Å². The fourth-order valence-electron chi connectivity index (χ4n) is 2.22. The van der Waals surface area contributed by atoms with Crippen molar-refractivity contribution in [1.82, 2.24) is 15.1 Å². The maximum atomic E-state index is 11.4. The van der Waals surface area contributed by atoms with Gasteiger partial charge in [0.25, 0.3) is 0 Å². The number of nitrogens with two attached hydrogens (primary N) is 1. The maximum absolute atomic E-state index is 11.4. The van der Waals surface area contributed by atoms with E-state index in [9.17, 15) is 4.79 Å². The monoisotopic (exact) mass is 256 g/mol. The summed E-state index contributed by atoms with van der Waals surface area (Å²) < 4.78 is 0. The molecule has 1 aliphatic rings. The molecule has 1 rings (SSSR count). The standard InChI is InChI=1S/C13H28N4O/c1-13(15-2,12(14)18)6-9-16(3)10-11-17-7-4-5-8-17/h15H,4-11H2,1-3H3,(H2,14,18). The Bertz CT molecular complexity index is 266. The number of amides is 1. The predicted octanol–water partition coefficient (Wildman–Crippen LogP) is -0.132. The highest BCUT2D eigenvalue weighted by molar-refractivity contribution is 5.84. The zero-order valence-electron chi connectivity index (χ0n) is 12.0. The molecular formula is C13H28N4O. The molecule has 0 spiro atoms. The van der Waals surface area contributed by atoms with Crippen LogP contribution in [0.25, 0.3) is 0 Å². The Kier molecular flexibility index (Phi) is 6.05. The predicted molar refractivity (Wildman–Crippen MR) is 74.4 cm³/mol. The number of nitrogens with zero attached hydrogens (tertiary/aromatic N) is 2. The van der Waals surface area contributed by atoms with Crippen LogP contribution in [0.4, 0.5) is 0 Å². The molecule has 0 aliphatic carbocycles. The Labute approximate surface area is 111 Å². The van der Waals surface area contributed by atoms with Crippen LogP contribution in [0, 0.1) is 0 Å². The Morgan fingerprint density at radius 2 is 2.00 bits per heavy atom. The summed E-state index contributed by atoms with van der Waals surface area (Å²) in [6.07, 6.45) is 3.42. The molecule has 1 amide bonds. The molecular weight excluding hydrogens is 228 g/mol. The number of hydrogen-bond donors (Lipinski definition) is 2. The van der Waals surface area contributed by atoms with Gasteiger partial charge in [0.1, 0.15) is 0 Å². The number of primary amides is 1. The summed E-state index contributed by atoms with van der Waals surface area (Å²) in [5, 5.41) is 3.02. The molecule has 1 heterocycles. The van der Waals surface area contributed by atoms with E-state index >= 15 is 0 Å². The van der Waals surface area contributed by atoms with Crippen LogP contribution in [0.15, 0.2) is 0 Å². The molecule has 5 heteroatoms. The van der Waals surface area contributed by atoms with Crippen LogP contribution in [0.2, 0.25) is 0 Å². The third-order valence-electron chi connectivity index (χ3n) is 4.09. The summed E-state index contributed by atoms with van der Waals surface area (Å²) in [6, 6.07) is 0. The molecule has 1 aliphatic heterocycles. The molecule has 5 nitrogen and oxygen atoms in total. The van der Waals surface area contributed by atoms with Crippen LogP contribution >= 0.6 is 0 Å². The zero-order chi connectivity index (χ0) is 13.6. The topological polar surface area (TPSA) is 61.6 Å². The first-order valence-corrected chi connectivity index (χ1v) is 6.87. The molecule has 18 heavy (non-hydrogen) atoms. The van der Waals surface area contributed by atoms with E-state index in [-0.39, 0.29) is 5.91 Å². The lowest BCUT2D eigenvalue weighted by molar-refractivity contribution is -0.124. The van der Waals surface area contributed by atoms with Crippen molar-refractivity contribution < 1.29 is 4.79 Å². The van der Waals surface area contributed by atoms with E-state index in [1.54, 1.807) is 7.05 Å². The van der Waals surface area contributed by atoms with Crippen LogP contribution in [-0.4, -0.2) is 68.1 Å². The lowest BCUT2D eigenvalue weighted by atomic mass is 9.97. The summed E-state index contributed by atoms with van der Waals surface area (Å²) in [7, 11) is 3.89. The molecule has 0 radical (unpaired) electrons. The van der Waals surface area contributed by atoms with Crippen molar-refractivity contribution >= 4 is 5.91 Å². The SMILES string of the molecule is CNC(C)(CCN(C)CCN1CCCC1)C(N)=O. The van der Waals surface area contributed by atoms with E-state index in [0.717, 1.165) is 26.1 Å². The molecule has 1 fully saturated rings. The first kappa shape index (κ1) is 15.4. The third kappa shape index (κ3) is 4.55. The molecule has 106 valence electrons. The first-order valence-electron chi connectivity index (χ1n) is 6.87. The maximum Gasteiger partial charge on any atom is 0.237 e. The molecule has 0 saturated carbocycles. The van der Waals surface area contributed by atoms with Gasteiger partial charge in [-0.1, -0.05) is 0 Å². The van der Waals surface area contributed by atoms with Gasteiger partial charge in [0.15, 0.2) is 0 Å². The average Bonchev–Trinajstić information content (AvgIpc) is 2.86.